The largest absolute Gasteiger partial charge is 0.478 e. The Balaban J connectivity index is 1.81. The first kappa shape index (κ1) is 22.4. The van der Waals surface area contributed by atoms with E-state index in [-0.39, 0.29) is 11.1 Å². The van der Waals surface area contributed by atoms with Gasteiger partial charge in [0.25, 0.3) is 0 Å². The summed E-state index contributed by atoms with van der Waals surface area (Å²) in [7, 11) is 0. The Bertz CT molecular complexity index is 1140. The van der Waals surface area contributed by atoms with Gasteiger partial charge in [-0.2, -0.15) is 26.3 Å². The summed E-state index contributed by atoms with van der Waals surface area (Å²) in [5.74, 6) is -3.07. The maximum absolute atomic E-state index is 13.4. The third kappa shape index (κ3) is 3.50. The average molecular weight is 472 g/mol. The minimum absolute atomic E-state index is 0.272. The summed E-state index contributed by atoms with van der Waals surface area (Å²) in [6.45, 7) is 0. The molecule has 4 rings (SSSR count). The van der Waals surface area contributed by atoms with Crippen molar-refractivity contribution in [2.24, 2.45) is 20.5 Å². The smallest absolute Gasteiger partial charge is 0.442 e. The molecule has 0 fully saturated rings. The number of rotatable bonds is 6. The highest BCUT2D eigenvalue weighted by Crippen LogP contribution is 2.53. The lowest BCUT2D eigenvalue weighted by Gasteiger charge is -2.18. The molecule has 0 aliphatic carbocycles. The molecule has 0 amide bonds. The lowest BCUT2D eigenvalue weighted by atomic mass is 9.89. The highest BCUT2D eigenvalue weighted by Gasteiger charge is 2.66. The van der Waals surface area contributed by atoms with Crippen LogP contribution in [0.15, 0.2) is 56.9 Å². The molecule has 2 N–H and O–H groups in total. The second kappa shape index (κ2) is 6.83. The molecule has 0 saturated heterocycles. The first-order chi connectivity index (χ1) is 15.2. The molecule has 33 heavy (non-hydrogen) atoms. The number of aromatic carboxylic acids is 2. The van der Waals surface area contributed by atoms with Crippen LogP contribution in [-0.4, -0.2) is 34.5 Å². The number of hydrogen-bond donors (Lipinski definition) is 2. The highest BCUT2D eigenvalue weighted by molar-refractivity contribution is 5.91. The van der Waals surface area contributed by atoms with Gasteiger partial charge in [-0.3, -0.25) is 0 Å². The highest BCUT2D eigenvalue weighted by atomic mass is 19.4. The molecule has 8 nitrogen and oxygen atoms in total. The lowest BCUT2D eigenvalue weighted by Crippen LogP contribution is -2.30. The number of halogens is 6. The van der Waals surface area contributed by atoms with Crippen molar-refractivity contribution in [2.45, 2.75) is 30.1 Å². The Morgan fingerprint density at radius 2 is 1.03 bits per heavy atom. The van der Waals surface area contributed by atoms with Gasteiger partial charge in [0.05, 0.1) is 11.1 Å². The summed E-state index contributed by atoms with van der Waals surface area (Å²) in [6.07, 6.45) is -10.4. The first-order valence-electron chi connectivity index (χ1n) is 8.97. The predicted molar refractivity (Wildman–Crippen MR) is 94.8 cm³/mol. The van der Waals surface area contributed by atoms with Gasteiger partial charge in [0.2, 0.25) is 0 Å². The lowest BCUT2D eigenvalue weighted by molar-refractivity contribution is -0.166. The van der Waals surface area contributed by atoms with Gasteiger partial charge in [0.1, 0.15) is 0 Å². The third-order valence-corrected chi connectivity index (χ3v) is 5.25. The number of carboxylic acid groups (broad SMARTS) is 2. The Morgan fingerprint density at radius 1 is 0.697 bits per heavy atom. The molecule has 2 heterocycles. The van der Waals surface area contributed by atoms with Crippen LogP contribution in [-0.2, 0) is 17.7 Å². The fourth-order valence-electron chi connectivity index (χ4n) is 3.42. The zero-order chi connectivity index (χ0) is 24.4. The van der Waals surface area contributed by atoms with Crippen LogP contribution in [0.2, 0.25) is 0 Å². The van der Waals surface area contributed by atoms with Crippen molar-refractivity contribution in [1.29, 1.82) is 0 Å². The minimum atomic E-state index is -4.91. The molecule has 0 spiro atoms. The summed E-state index contributed by atoms with van der Waals surface area (Å²) in [6, 6.07) is 5.18. The van der Waals surface area contributed by atoms with Crippen LogP contribution >= 0.6 is 0 Å². The summed E-state index contributed by atoms with van der Waals surface area (Å²) < 4.78 is 80.2. The summed E-state index contributed by atoms with van der Waals surface area (Å²) in [5, 5.41) is 31.0. The van der Waals surface area contributed by atoms with Crippen molar-refractivity contribution < 1.29 is 46.1 Å². The minimum Gasteiger partial charge on any atom is -0.478 e. The van der Waals surface area contributed by atoms with Crippen LogP contribution in [0.3, 0.4) is 0 Å². The van der Waals surface area contributed by atoms with E-state index in [4.69, 9.17) is 0 Å². The van der Waals surface area contributed by atoms with Gasteiger partial charge in [0.15, 0.2) is 0 Å². The van der Waals surface area contributed by atoms with Crippen LogP contribution in [0.25, 0.3) is 0 Å². The van der Waals surface area contributed by atoms with Crippen LogP contribution < -0.4 is 0 Å². The molecule has 0 aromatic heterocycles. The second-order valence-electron chi connectivity index (χ2n) is 7.27. The maximum Gasteiger partial charge on any atom is 0.442 e. The number of carboxylic acids is 2. The molecule has 0 bridgehead atoms. The fourth-order valence-corrected chi connectivity index (χ4v) is 3.42. The van der Waals surface area contributed by atoms with E-state index in [1.54, 1.807) is 0 Å². The normalized spacial score (nSPS) is 17.6. The van der Waals surface area contributed by atoms with Crippen molar-refractivity contribution in [1.82, 2.24) is 0 Å². The van der Waals surface area contributed by atoms with Crippen LogP contribution in [0, 0.1) is 0 Å². The van der Waals surface area contributed by atoms with E-state index >= 15 is 0 Å². The van der Waals surface area contributed by atoms with Crippen LogP contribution in [0.4, 0.5) is 26.3 Å². The van der Waals surface area contributed by atoms with Crippen molar-refractivity contribution in [3.63, 3.8) is 0 Å². The molecule has 2 aromatic carbocycles. The van der Waals surface area contributed by atoms with Crippen molar-refractivity contribution >= 4 is 11.9 Å². The van der Waals surface area contributed by atoms with E-state index in [0.29, 0.717) is 0 Å². The number of nitrogens with zero attached hydrogens (tertiary/aromatic N) is 4. The molecule has 0 unspecified atom stereocenters. The van der Waals surface area contributed by atoms with Gasteiger partial charge >= 0.3 is 35.6 Å². The maximum atomic E-state index is 13.4. The van der Waals surface area contributed by atoms with Gasteiger partial charge in [-0.05, 0) is 41.8 Å². The number of carbonyl (C=O) groups is 2. The summed E-state index contributed by atoms with van der Waals surface area (Å²) in [5.41, 5.74) is -8.25. The van der Waals surface area contributed by atoms with Crippen molar-refractivity contribution in [3.05, 3.63) is 69.8 Å². The fraction of sp³-hybridized carbons (Fsp3) is 0.263. The van der Waals surface area contributed by atoms with E-state index in [1.165, 1.54) is 0 Å². The van der Waals surface area contributed by atoms with E-state index < -0.39 is 64.3 Å². The SMILES string of the molecule is O=C(O)c1ccc(C2(C(F)(F)F)N=N2)cc1Cc1cc(C2(C(F)(F)F)N=N2)ccc1C(=O)O. The van der Waals surface area contributed by atoms with Crippen molar-refractivity contribution in [3.8, 4) is 0 Å². The molecule has 2 aliphatic rings. The van der Waals surface area contributed by atoms with E-state index in [0.717, 1.165) is 36.4 Å². The van der Waals surface area contributed by atoms with E-state index in [9.17, 15) is 46.1 Å². The number of benzene rings is 2. The zero-order valence-electron chi connectivity index (χ0n) is 15.9. The molecule has 0 radical (unpaired) electrons. The molecule has 2 aromatic rings. The standard InChI is InChI=1S/C19H10F6N4O4/c20-18(21,22)16(26-27-16)10-1-3-12(14(30)31)8(6-10)5-9-7-11(2-4-13(9)15(32)33)17(28-29-17)19(23,24)25/h1-4,6-7H,5H2,(H,30,31)(H,32,33). The Morgan fingerprint density at radius 3 is 1.27 bits per heavy atom. The monoisotopic (exact) mass is 472 g/mol. The van der Waals surface area contributed by atoms with Gasteiger partial charge in [-0.25, -0.2) is 9.59 Å². The molecule has 0 saturated carbocycles. The molecule has 14 heteroatoms. The molecule has 0 atom stereocenters. The van der Waals surface area contributed by atoms with E-state index in [2.05, 4.69) is 20.5 Å². The molecule has 2 aliphatic heterocycles. The Labute approximate surface area is 179 Å². The predicted octanol–water partition coefficient (Wildman–Crippen LogP) is 5.04. The topological polar surface area (TPSA) is 124 Å². The molecular formula is C19H10F6N4O4. The van der Waals surface area contributed by atoms with Gasteiger partial charge in [0, 0.05) is 11.1 Å². The van der Waals surface area contributed by atoms with Gasteiger partial charge < -0.3 is 10.2 Å². The Hall–Kier alpha value is -3.84. The zero-order valence-corrected chi connectivity index (χ0v) is 15.9. The quantitative estimate of drug-likeness (QED) is 0.572. The van der Waals surface area contributed by atoms with Crippen LogP contribution in [0.5, 0.6) is 0 Å². The molecular weight excluding hydrogens is 462 g/mol. The summed E-state index contributed by atoms with van der Waals surface area (Å²) in [4.78, 5) is 23.2. The summed E-state index contributed by atoms with van der Waals surface area (Å²) >= 11 is 0. The van der Waals surface area contributed by atoms with E-state index in [1.807, 2.05) is 0 Å². The van der Waals surface area contributed by atoms with Gasteiger partial charge in [-0.1, -0.05) is 12.1 Å². The third-order valence-electron chi connectivity index (χ3n) is 5.25. The van der Waals surface area contributed by atoms with Crippen LogP contribution in [0.1, 0.15) is 43.0 Å². The van der Waals surface area contributed by atoms with Gasteiger partial charge in [-0.15, -0.1) is 20.5 Å². The second-order valence-corrected chi connectivity index (χ2v) is 7.27. The molecule has 172 valence electrons. The Kier molecular flexibility index (Phi) is 4.63. The number of alkyl halides is 6. The number of hydrogen-bond acceptors (Lipinski definition) is 6. The first-order valence-corrected chi connectivity index (χ1v) is 8.97. The van der Waals surface area contributed by atoms with Crippen molar-refractivity contribution in [2.75, 3.05) is 0 Å². The average Bonchev–Trinajstić information content (AvgIpc) is 3.59.